The van der Waals surface area contributed by atoms with Gasteiger partial charge in [-0.2, -0.15) is 5.10 Å². The van der Waals surface area contributed by atoms with Crippen LogP contribution in [0.25, 0.3) is 11.3 Å². The van der Waals surface area contributed by atoms with Crippen molar-refractivity contribution in [3.8, 4) is 34.3 Å². The van der Waals surface area contributed by atoms with Crippen molar-refractivity contribution in [3.63, 3.8) is 0 Å². The van der Waals surface area contributed by atoms with Crippen molar-refractivity contribution in [3.05, 3.63) is 52.1 Å². The van der Waals surface area contributed by atoms with Crippen LogP contribution >= 0.6 is 11.3 Å². The molecule has 8 nitrogen and oxygen atoms in total. The van der Waals surface area contributed by atoms with Crippen molar-refractivity contribution in [2.24, 2.45) is 10.1 Å². The molecule has 33 heavy (non-hydrogen) atoms. The molecule has 2 aromatic carbocycles. The van der Waals surface area contributed by atoms with Crippen LogP contribution in [0.5, 0.6) is 23.0 Å². The third-order valence-electron chi connectivity index (χ3n) is 4.96. The van der Waals surface area contributed by atoms with Gasteiger partial charge in [-0.1, -0.05) is 0 Å². The fourth-order valence-electron chi connectivity index (χ4n) is 3.24. The van der Waals surface area contributed by atoms with Crippen LogP contribution in [0.2, 0.25) is 0 Å². The monoisotopic (exact) mass is 471 g/mol. The fraction of sp³-hybridized carbons (Fsp3) is 0.333. The summed E-state index contributed by atoms with van der Waals surface area (Å²) < 4.78 is 29.0. The molecule has 0 radical (unpaired) electrons. The molecular weight excluding hydrogens is 442 g/mol. The molecule has 1 heterocycles. The van der Waals surface area contributed by atoms with Crippen LogP contribution in [-0.4, -0.2) is 59.1 Å². The lowest BCUT2D eigenvalue weighted by molar-refractivity contribution is 0.207. The van der Waals surface area contributed by atoms with Gasteiger partial charge in [0.25, 0.3) is 0 Å². The smallest absolute Gasteiger partial charge is 0.206 e. The van der Waals surface area contributed by atoms with Gasteiger partial charge in [0.2, 0.25) is 4.80 Å². The molecule has 9 heteroatoms. The number of thiazole rings is 1. The Hall–Kier alpha value is -3.30. The van der Waals surface area contributed by atoms with E-state index in [4.69, 9.17) is 28.8 Å². The van der Waals surface area contributed by atoms with Crippen molar-refractivity contribution in [1.29, 1.82) is 0 Å². The van der Waals surface area contributed by atoms with Crippen molar-refractivity contribution in [2.75, 3.05) is 48.7 Å². The first-order valence-corrected chi connectivity index (χ1v) is 11.1. The van der Waals surface area contributed by atoms with E-state index in [0.717, 1.165) is 38.8 Å². The minimum Gasteiger partial charge on any atom is -0.497 e. The van der Waals surface area contributed by atoms with Crippen molar-refractivity contribution >= 4 is 17.0 Å². The number of aromatic nitrogens is 1. The number of hydrogen-bond donors (Lipinski definition) is 0. The van der Waals surface area contributed by atoms with Crippen LogP contribution in [0.4, 0.5) is 0 Å². The van der Waals surface area contributed by atoms with Crippen LogP contribution in [0.15, 0.2) is 51.9 Å². The molecule has 0 saturated carbocycles. The Kier molecular flexibility index (Phi) is 8.51. The Morgan fingerprint density at radius 2 is 1.55 bits per heavy atom. The highest BCUT2D eigenvalue weighted by Gasteiger charge is 2.16. The fourth-order valence-corrected chi connectivity index (χ4v) is 4.09. The summed E-state index contributed by atoms with van der Waals surface area (Å²) in [6.07, 6.45) is 0. The van der Waals surface area contributed by atoms with Gasteiger partial charge in [0.1, 0.15) is 23.0 Å². The quantitative estimate of drug-likeness (QED) is 0.329. The number of benzene rings is 2. The number of nitrogens with zero attached hydrogens (tertiary/aromatic N) is 3. The predicted molar refractivity (Wildman–Crippen MR) is 130 cm³/mol. The predicted octanol–water partition coefficient (Wildman–Crippen LogP) is 4.07. The number of ether oxygens (including phenoxy) is 5. The van der Waals surface area contributed by atoms with E-state index in [2.05, 4.69) is 4.99 Å². The summed E-state index contributed by atoms with van der Waals surface area (Å²) in [5, 5.41) is 6.94. The third-order valence-corrected chi connectivity index (χ3v) is 5.81. The molecule has 0 saturated heterocycles. The molecule has 176 valence electrons. The molecule has 3 rings (SSSR count). The van der Waals surface area contributed by atoms with Gasteiger partial charge in [-0.25, -0.2) is 4.68 Å². The molecule has 0 aliphatic heterocycles. The van der Waals surface area contributed by atoms with Gasteiger partial charge in [-0.05, 0) is 43.3 Å². The summed E-state index contributed by atoms with van der Waals surface area (Å²) in [5.74, 6) is 2.84. The van der Waals surface area contributed by atoms with E-state index in [1.807, 2.05) is 53.4 Å². The summed E-state index contributed by atoms with van der Waals surface area (Å²) >= 11 is 1.49. The van der Waals surface area contributed by atoms with Gasteiger partial charge in [0, 0.05) is 23.6 Å². The van der Waals surface area contributed by atoms with E-state index in [1.165, 1.54) is 11.3 Å². The summed E-state index contributed by atoms with van der Waals surface area (Å²) in [6, 6.07) is 11.3. The van der Waals surface area contributed by atoms with Crippen LogP contribution < -0.4 is 23.7 Å². The first-order valence-electron chi connectivity index (χ1n) is 10.3. The lowest BCUT2D eigenvalue weighted by atomic mass is 10.1. The van der Waals surface area contributed by atoms with Crippen LogP contribution in [-0.2, 0) is 4.74 Å². The van der Waals surface area contributed by atoms with E-state index >= 15 is 0 Å². The lowest BCUT2D eigenvalue weighted by Crippen LogP contribution is -2.16. The maximum Gasteiger partial charge on any atom is 0.206 e. The SMILES string of the molecule is COCCN=c1scc(-c2cc(OC)ccc2OC)n1N=C(C)c1cc(OC)ccc1OC. The topological polar surface area (TPSA) is 75.8 Å². The minimum absolute atomic E-state index is 0.516. The second-order valence-electron chi connectivity index (χ2n) is 6.91. The molecule has 0 atom stereocenters. The zero-order valence-corrected chi connectivity index (χ0v) is 20.6. The number of hydrogen-bond acceptors (Lipinski definition) is 8. The van der Waals surface area contributed by atoms with Gasteiger partial charge >= 0.3 is 0 Å². The zero-order chi connectivity index (χ0) is 23.8. The summed E-state index contributed by atoms with van der Waals surface area (Å²) in [7, 11) is 8.19. The normalized spacial score (nSPS) is 12.1. The molecule has 3 aromatic rings. The summed E-state index contributed by atoms with van der Waals surface area (Å²) in [5.41, 5.74) is 3.23. The molecule has 0 N–H and O–H groups in total. The van der Waals surface area contributed by atoms with E-state index in [-0.39, 0.29) is 0 Å². The average molecular weight is 472 g/mol. The first-order chi connectivity index (χ1) is 16.1. The lowest BCUT2D eigenvalue weighted by Gasteiger charge is -2.13. The molecular formula is C24H29N3O5S. The Morgan fingerprint density at radius 1 is 0.879 bits per heavy atom. The van der Waals surface area contributed by atoms with E-state index in [0.29, 0.717) is 24.7 Å². The van der Waals surface area contributed by atoms with Gasteiger partial charge in [-0.3, -0.25) is 4.99 Å². The summed E-state index contributed by atoms with van der Waals surface area (Å²) in [4.78, 5) is 5.41. The number of methoxy groups -OCH3 is 5. The second kappa shape index (κ2) is 11.5. The summed E-state index contributed by atoms with van der Waals surface area (Å²) in [6.45, 7) is 2.96. The Balaban J connectivity index is 2.22. The van der Waals surface area contributed by atoms with Crippen LogP contribution in [0.3, 0.4) is 0 Å². The first kappa shape index (κ1) is 24.3. The van der Waals surface area contributed by atoms with Gasteiger partial charge in [0.05, 0.1) is 53.0 Å². The van der Waals surface area contributed by atoms with Crippen molar-refractivity contribution < 1.29 is 23.7 Å². The average Bonchev–Trinajstić information content (AvgIpc) is 3.25. The van der Waals surface area contributed by atoms with Crippen LogP contribution in [0.1, 0.15) is 12.5 Å². The molecule has 0 amide bonds. The molecule has 0 fully saturated rings. The molecule has 1 aromatic heterocycles. The maximum absolute atomic E-state index is 5.62. The largest absolute Gasteiger partial charge is 0.497 e. The highest BCUT2D eigenvalue weighted by atomic mass is 32.1. The van der Waals surface area contributed by atoms with Crippen LogP contribution in [0, 0.1) is 0 Å². The molecule has 0 bridgehead atoms. The van der Waals surface area contributed by atoms with Gasteiger partial charge < -0.3 is 23.7 Å². The van der Waals surface area contributed by atoms with E-state index < -0.39 is 0 Å². The number of rotatable bonds is 10. The minimum atomic E-state index is 0.516. The molecule has 0 spiro atoms. The molecule has 0 aliphatic carbocycles. The maximum atomic E-state index is 5.62. The van der Waals surface area contributed by atoms with Gasteiger partial charge in [-0.15, -0.1) is 11.3 Å². The van der Waals surface area contributed by atoms with E-state index in [1.54, 1.807) is 35.5 Å². The Bertz CT molecular complexity index is 1180. The zero-order valence-electron chi connectivity index (χ0n) is 19.7. The Labute approximate surface area is 197 Å². The standard InChI is InChI=1S/C24H29N3O5S/c1-16(19-13-17(29-3)7-9-22(19)31-5)26-27-21(15-33-24(27)25-11-12-28-2)20-14-18(30-4)8-10-23(20)32-6/h7-10,13-15H,11-12H2,1-6H3. The molecule has 0 unspecified atom stereocenters. The van der Waals surface area contributed by atoms with E-state index in [9.17, 15) is 0 Å². The molecule has 0 aliphatic rings. The highest BCUT2D eigenvalue weighted by Crippen LogP contribution is 2.34. The highest BCUT2D eigenvalue weighted by molar-refractivity contribution is 7.07. The second-order valence-corrected chi connectivity index (χ2v) is 7.74. The van der Waals surface area contributed by atoms with Crippen molar-refractivity contribution in [2.45, 2.75) is 6.92 Å². The van der Waals surface area contributed by atoms with Gasteiger partial charge in [0.15, 0.2) is 0 Å². The third kappa shape index (κ3) is 5.55. The Morgan fingerprint density at radius 3 is 2.18 bits per heavy atom. The van der Waals surface area contributed by atoms with Crippen molar-refractivity contribution in [1.82, 2.24) is 4.68 Å².